The molecule has 5 nitrogen and oxygen atoms in total. The van der Waals surface area contributed by atoms with E-state index in [4.69, 9.17) is 0 Å². The van der Waals surface area contributed by atoms with Crippen LogP contribution in [0.1, 0.15) is 26.7 Å². The van der Waals surface area contributed by atoms with Crippen LogP contribution in [-0.4, -0.2) is 41.6 Å². The van der Waals surface area contributed by atoms with E-state index in [2.05, 4.69) is 45.6 Å². The number of alkyl halides is 4. The highest BCUT2D eigenvalue weighted by Gasteiger charge is 2.71. The highest BCUT2D eigenvalue weighted by molar-refractivity contribution is 7.55. The molecule has 0 aromatic rings. The molecule has 0 aliphatic carbocycles. The summed E-state index contributed by atoms with van der Waals surface area (Å²) in [7, 11) is -4.09. The molecule has 1 atom stereocenters. The first kappa shape index (κ1) is 22.1. The van der Waals surface area contributed by atoms with Gasteiger partial charge in [-0.2, -0.15) is 13.2 Å². The van der Waals surface area contributed by atoms with E-state index in [-0.39, 0.29) is 0 Å². The van der Waals surface area contributed by atoms with Gasteiger partial charge in [-0.05, 0) is 16.0 Å². The molecular formula is C11H19F6N2O3P. The summed E-state index contributed by atoms with van der Waals surface area (Å²) in [6, 6.07) is 0. The summed E-state index contributed by atoms with van der Waals surface area (Å²) in [4.78, 5) is 4.41. The van der Waals surface area contributed by atoms with E-state index >= 15 is 0 Å². The van der Waals surface area contributed by atoms with Crippen LogP contribution in [0, 0.1) is 0 Å². The van der Waals surface area contributed by atoms with Gasteiger partial charge in [-0.1, -0.05) is 13.3 Å². The minimum absolute atomic E-state index is 0.466. The minimum Gasteiger partial charge on any atom is -0.362 e. The quantitative estimate of drug-likeness (QED) is 0.500. The molecule has 0 fully saturated rings. The molecule has 0 saturated carbocycles. The van der Waals surface area contributed by atoms with Crippen LogP contribution in [0.25, 0.3) is 0 Å². The third-order valence-corrected chi connectivity index (χ3v) is 4.68. The lowest BCUT2D eigenvalue weighted by molar-refractivity contribution is -0.221. The smallest absolute Gasteiger partial charge is 0.362 e. The Kier molecular flexibility index (Phi) is 8.44. The average molecular weight is 372 g/mol. The Morgan fingerprint density at radius 1 is 1.13 bits per heavy atom. The summed E-state index contributed by atoms with van der Waals surface area (Å²) in [6.07, 6.45) is -3.48. The highest BCUT2D eigenvalue weighted by atomic mass is 31.2. The third kappa shape index (κ3) is 5.29. The first-order chi connectivity index (χ1) is 10.5. The van der Waals surface area contributed by atoms with Crippen molar-refractivity contribution < 1.29 is 40.6 Å². The van der Waals surface area contributed by atoms with E-state index in [1.165, 1.54) is 0 Å². The third-order valence-electron chi connectivity index (χ3n) is 2.97. The van der Waals surface area contributed by atoms with Crippen LogP contribution in [0.3, 0.4) is 0 Å². The van der Waals surface area contributed by atoms with Gasteiger partial charge in [0, 0.05) is 32.4 Å². The number of hydrogen-bond donors (Lipinski definition) is 0. The standard InChI is InChI=1S/C6H12N2.C5H7F6O3P/c1-3-8-5-4-7(2)6-8;1-2-3-4(6,5(7,8)9)15(12,13-10)14-11/h4-5H,3,6H2,1-2H3;2-3H2,1H3. The fourth-order valence-corrected chi connectivity index (χ4v) is 2.73. The second kappa shape index (κ2) is 8.79. The zero-order valence-electron chi connectivity index (χ0n) is 12.8. The predicted octanol–water partition coefficient (Wildman–Crippen LogP) is 4.69. The second-order valence-corrected chi connectivity index (χ2v) is 6.72. The molecule has 138 valence electrons. The Morgan fingerprint density at radius 3 is 1.87 bits per heavy atom. The zero-order chi connectivity index (χ0) is 18.3. The highest BCUT2D eigenvalue weighted by Crippen LogP contribution is 2.68. The van der Waals surface area contributed by atoms with Gasteiger partial charge in [-0.3, -0.25) is 4.57 Å². The molecule has 0 radical (unpaired) electrons. The molecule has 1 rings (SSSR count). The van der Waals surface area contributed by atoms with Gasteiger partial charge < -0.3 is 9.80 Å². The van der Waals surface area contributed by atoms with Crippen molar-refractivity contribution in [3.05, 3.63) is 12.4 Å². The summed E-state index contributed by atoms with van der Waals surface area (Å²) in [5.74, 6) is 0. The molecule has 0 amide bonds. The van der Waals surface area contributed by atoms with Gasteiger partial charge >= 0.3 is 19.2 Å². The average Bonchev–Trinajstić information content (AvgIpc) is 2.91. The fraction of sp³-hybridized carbons (Fsp3) is 0.818. The van der Waals surface area contributed by atoms with Crippen LogP contribution in [0.2, 0.25) is 0 Å². The van der Waals surface area contributed by atoms with E-state index in [1.807, 2.05) is 0 Å². The van der Waals surface area contributed by atoms with Crippen molar-refractivity contribution in [3.63, 3.8) is 0 Å². The predicted molar refractivity (Wildman–Crippen MR) is 70.9 cm³/mol. The Hall–Kier alpha value is -0.930. The van der Waals surface area contributed by atoms with Crippen LogP contribution >= 0.6 is 7.60 Å². The Labute approximate surface area is 130 Å². The van der Waals surface area contributed by atoms with Gasteiger partial charge in [0.15, 0.2) is 0 Å². The Balaban J connectivity index is 0.000000502. The maximum absolute atomic E-state index is 13.2. The molecule has 0 N–H and O–H groups in total. The van der Waals surface area contributed by atoms with E-state index in [9.17, 15) is 31.2 Å². The Morgan fingerprint density at radius 2 is 1.65 bits per heavy atom. The van der Waals surface area contributed by atoms with Gasteiger partial charge in [-0.25, -0.2) is 4.39 Å². The fourth-order valence-electron chi connectivity index (χ4n) is 1.68. The molecule has 1 aliphatic heterocycles. The number of nitrogens with zero attached hydrogens (tertiary/aromatic N) is 2. The number of halogens is 6. The SMILES string of the molecule is CCCC(F)(C(F)(F)F)P(=O)(OF)OF.CCN1C=CN(C)C1. The first-order valence-electron chi connectivity index (χ1n) is 6.60. The number of rotatable bonds is 6. The van der Waals surface area contributed by atoms with Crippen molar-refractivity contribution >= 4 is 7.60 Å². The molecule has 0 spiro atoms. The van der Waals surface area contributed by atoms with E-state index in [1.54, 1.807) is 0 Å². The molecule has 1 unspecified atom stereocenters. The van der Waals surface area contributed by atoms with Crippen molar-refractivity contribution in [2.24, 2.45) is 0 Å². The van der Waals surface area contributed by atoms with Crippen LogP contribution in [0.4, 0.5) is 26.6 Å². The van der Waals surface area contributed by atoms with E-state index in [0.29, 0.717) is 0 Å². The lowest BCUT2D eigenvalue weighted by Gasteiger charge is -2.28. The van der Waals surface area contributed by atoms with Gasteiger partial charge in [0.1, 0.15) is 0 Å². The molecule has 0 bridgehead atoms. The van der Waals surface area contributed by atoms with E-state index < -0.39 is 32.0 Å². The normalized spacial score (nSPS) is 17.8. The zero-order valence-corrected chi connectivity index (χ0v) is 13.7. The summed E-state index contributed by atoms with van der Waals surface area (Å²) in [5.41, 5.74) is 0. The molecule has 0 aromatic heterocycles. The van der Waals surface area contributed by atoms with Crippen molar-refractivity contribution in [1.82, 2.24) is 9.80 Å². The topological polar surface area (TPSA) is 42.0 Å². The molecule has 1 aliphatic rings. The van der Waals surface area contributed by atoms with Gasteiger partial charge in [0.05, 0.1) is 6.67 Å². The van der Waals surface area contributed by atoms with Crippen molar-refractivity contribution in [2.75, 3.05) is 20.3 Å². The van der Waals surface area contributed by atoms with Crippen LogP contribution in [0.5, 0.6) is 0 Å². The lowest BCUT2D eigenvalue weighted by atomic mass is 10.2. The maximum atomic E-state index is 13.2. The summed E-state index contributed by atoms with van der Waals surface area (Å²) in [5, 5.41) is -4.70. The molecular weight excluding hydrogens is 353 g/mol. The van der Waals surface area contributed by atoms with Gasteiger partial charge in [0.2, 0.25) is 0 Å². The molecule has 12 heteroatoms. The molecule has 0 saturated heterocycles. The van der Waals surface area contributed by atoms with Crippen molar-refractivity contribution in [1.29, 1.82) is 0 Å². The molecule has 0 aromatic carbocycles. The summed E-state index contributed by atoms with van der Waals surface area (Å²) < 4.78 is 87.7. The second-order valence-electron chi connectivity index (χ2n) is 4.74. The molecule has 23 heavy (non-hydrogen) atoms. The minimum atomic E-state index is -6.17. The summed E-state index contributed by atoms with van der Waals surface area (Å²) >= 11 is 0. The van der Waals surface area contributed by atoms with Crippen molar-refractivity contribution in [2.45, 2.75) is 38.3 Å². The largest absolute Gasteiger partial charge is 0.438 e. The van der Waals surface area contributed by atoms with Gasteiger partial charge in [-0.15, -0.1) is 9.46 Å². The van der Waals surface area contributed by atoms with Crippen LogP contribution in [0.15, 0.2) is 12.4 Å². The maximum Gasteiger partial charge on any atom is 0.438 e. The van der Waals surface area contributed by atoms with E-state index in [0.717, 1.165) is 20.1 Å². The lowest BCUT2D eigenvalue weighted by Crippen LogP contribution is -2.40. The first-order valence-corrected chi connectivity index (χ1v) is 8.14. The molecule has 1 heterocycles. The monoisotopic (exact) mass is 372 g/mol. The van der Waals surface area contributed by atoms with Gasteiger partial charge in [0.25, 0.3) is 0 Å². The number of hydrogen-bond acceptors (Lipinski definition) is 5. The summed E-state index contributed by atoms with van der Waals surface area (Å²) in [6.45, 7) is 5.42. The van der Waals surface area contributed by atoms with Crippen molar-refractivity contribution in [3.8, 4) is 0 Å². The Bertz CT molecular complexity index is 428. The van der Waals surface area contributed by atoms with Crippen LogP contribution < -0.4 is 0 Å². The van der Waals surface area contributed by atoms with Crippen LogP contribution in [-0.2, 0) is 14.0 Å².